The number of amides is 1. The second-order valence-electron chi connectivity index (χ2n) is 5.06. The largest absolute Gasteiger partial charge is 0.373 e. The Kier molecular flexibility index (Phi) is 4.93. The maximum atomic E-state index is 12.2. The molecule has 0 aromatic heterocycles. The number of hydrogen-bond donors (Lipinski definition) is 0. The molecule has 1 aromatic carbocycles. The van der Waals surface area contributed by atoms with Gasteiger partial charge in [-0.2, -0.15) is 0 Å². The summed E-state index contributed by atoms with van der Waals surface area (Å²) in [7, 11) is 0. The molecule has 7 heteroatoms. The molecule has 1 unspecified atom stereocenters. The molecule has 0 aliphatic heterocycles. The topological polar surface area (TPSA) is 89.8 Å². The normalized spacial score (nSPS) is 12.6. The Labute approximate surface area is 116 Å². The number of benzene rings is 1. The minimum Gasteiger partial charge on any atom is -0.284 e. The predicted molar refractivity (Wildman–Crippen MR) is 70.3 cm³/mol. The van der Waals surface area contributed by atoms with E-state index >= 15 is 0 Å². The third-order valence-corrected chi connectivity index (χ3v) is 2.22. The Balaban J connectivity index is 3.07. The van der Waals surface area contributed by atoms with Crippen molar-refractivity contribution in [2.45, 2.75) is 32.5 Å². The first-order chi connectivity index (χ1) is 9.26. The second-order valence-corrected chi connectivity index (χ2v) is 5.06. The average Bonchev–Trinajstić information content (AvgIpc) is 2.36. The zero-order valence-corrected chi connectivity index (χ0v) is 11.5. The first-order valence-electron chi connectivity index (χ1n) is 5.92. The number of hydrogen-bond acceptors (Lipinski definition) is 5. The predicted octanol–water partition coefficient (Wildman–Crippen LogP) is 1.66. The summed E-state index contributed by atoms with van der Waals surface area (Å²) in [5, 5.41) is 11.5. The monoisotopic (exact) mass is 280 g/mol. The molecule has 7 nitrogen and oxygen atoms in total. The number of hydroxylamine groups is 2. The van der Waals surface area contributed by atoms with E-state index in [1.54, 1.807) is 39.0 Å². The van der Waals surface area contributed by atoms with Gasteiger partial charge in [-0.15, -0.1) is 5.06 Å². The van der Waals surface area contributed by atoms with Crippen LogP contribution in [0.2, 0.25) is 0 Å². The van der Waals surface area contributed by atoms with Crippen molar-refractivity contribution in [3.63, 3.8) is 0 Å². The molecule has 1 atom stereocenters. The van der Waals surface area contributed by atoms with E-state index in [0.29, 0.717) is 5.06 Å². The van der Waals surface area contributed by atoms with Crippen molar-refractivity contribution >= 4 is 12.2 Å². The number of nitrogens with zero attached hydrogens (tertiary/aromatic N) is 2. The summed E-state index contributed by atoms with van der Waals surface area (Å²) >= 11 is 0. The molecule has 0 saturated carbocycles. The van der Waals surface area contributed by atoms with Crippen molar-refractivity contribution in [2.24, 2.45) is 0 Å². The van der Waals surface area contributed by atoms with Crippen LogP contribution < -0.4 is 0 Å². The molecule has 0 N–H and O–H groups in total. The lowest BCUT2D eigenvalue weighted by Crippen LogP contribution is -2.49. The standard InChI is InChI=1S/C13H16N2O5/c1-13(2,3)20-14(9-16)12(15(18)19)11(17)10-7-5-4-6-8-10/h4-9,12H,1-3H3. The van der Waals surface area contributed by atoms with Crippen molar-refractivity contribution in [3.8, 4) is 0 Å². The fourth-order valence-electron chi connectivity index (χ4n) is 1.50. The first kappa shape index (κ1) is 15.8. The van der Waals surface area contributed by atoms with Crippen molar-refractivity contribution in [1.29, 1.82) is 0 Å². The van der Waals surface area contributed by atoms with Gasteiger partial charge in [-0.05, 0) is 20.8 Å². The molecule has 0 saturated heterocycles. The maximum absolute atomic E-state index is 12.2. The van der Waals surface area contributed by atoms with Gasteiger partial charge in [0.25, 0.3) is 5.78 Å². The summed E-state index contributed by atoms with van der Waals surface area (Å²) < 4.78 is 0. The third kappa shape index (κ3) is 4.13. The smallest absolute Gasteiger partial charge is 0.284 e. The Morgan fingerprint density at radius 3 is 2.30 bits per heavy atom. The van der Waals surface area contributed by atoms with Gasteiger partial charge in [0.2, 0.25) is 6.41 Å². The van der Waals surface area contributed by atoms with Gasteiger partial charge in [0.15, 0.2) is 0 Å². The summed E-state index contributed by atoms with van der Waals surface area (Å²) in [5.41, 5.74) is -0.704. The number of rotatable bonds is 6. The average molecular weight is 280 g/mol. The van der Waals surface area contributed by atoms with E-state index in [0.717, 1.165) is 0 Å². The van der Waals surface area contributed by atoms with Crippen LogP contribution in [0.15, 0.2) is 30.3 Å². The van der Waals surface area contributed by atoms with Crippen molar-refractivity contribution in [2.75, 3.05) is 0 Å². The SMILES string of the molecule is CC(C)(C)ON(C=O)C(C(=O)c1ccccc1)[N+](=O)[O-]. The minimum absolute atomic E-state index is 0.138. The molecule has 0 fully saturated rings. The highest BCUT2D eigenvalue weighted by molar-refractivity contribution is 5.99. The van der Waals surface area contributed by atoms with E-state index in [9.17, 15) is 19.7 Å². The van der Waals surface area contributed by atoms with Crippen LogP contribution in [0, 0.1) is 10.1 Å². The lowest BCUT2D eigenvalue weighted by molar-refractivity contribution is -0.552. The zero-order chi connectivity index (χ0) is 15.3. The van der Waals surface area contributed by atoms with Crippen LogP contribution in [-0.4, -0.2) is 33.9 Å². The Bertz CT molecular complexity index is 495. The molecular weight excluding hydrogens is 264 g/mol. The van der Waals surface area contributed by atoms with Gasteiger partial charge >= 0.3 is 6.17 Å². The zero-order valence-electron chi connectivity index (χ0n) is 11.5. The van der Waals surface area contributed by atoms with Crippen LogP contribution in [-0.2, 0) is 9.63 Å². The van der Waals surface area contributed by atoms with Crippen LogP contribution >= 0.6 is 0 Å². The molecule has 1 amide bonds. The second kappa shape index (κ2) is 6.25. The molecule has 0 radical (unpaired) electrons. The van der Waals surface area contributed by atoms with Gasteiger partial charge in [-0.3, -0.25) is 24.5 Å². The fraction of sp³-hybridized carbons (Fsp3) is 0.385. The molecule has 0 spiro atoms. The molecule has 1 rings (SSSR count). The van der Waals surface area contributed by atoms with Gasteiger partial charge in [-0.1, -0.05) is 30.3 Å². The van der Waals surface area contributed by atoms with E-state index < -0.39 is 22.5 Å². The third-order valence-electron chi connectivity index (χ3n) is 2.22. The highest BCUT2D eigenvalue weighted by Gasteiger charge is 2.39. The molecule has 0 heterocycles. The van der Waals surface area contributed by atoms with Gasteiger partial charge in [0, 0.05) is 5.56 Å². The van der Waals surface area contributed by atoms with Gasteiger partial charge in [0.05, 0.1) is 10.5 Å². The van der Waals surface area contributed by atoms with E-state index in [1.807, 2.05) is 0 Å². The molecular formula is C13H16N2O5. The van der Waals surface area contributed by atoms with E-state index in [2.05, 4.69) is 0 Å². The molecule has 20 heavy (non-hydrogen) atoms. The molecule has 0 bridgehead atoms. The Hall–Kier alpha value is -2.28. The quantitative estimate of drug-likeness (QED) is 0.260. The lowest BCUT2D eigenvalue weighted by atomic mass is 10.1. The minimum atomic E-state index is -1.91. The van der Waals surface area contributed by atoms with Gasteiger partial charge in [0.1, 0.15) is 0 Å². The number of carbonyl (C=O) groups excluding carboxylic acids is 2. The van der Waals surface area contributed by atoms with E-state index in [4.69, 9.17) is 4.84 Å². The molecule has 0 aliphatic carbocycles. The summed E-state index contributed by atoms with van der Waals surface area (Å²) in [6.45, 7) is 4.86. The highest BCUT2D eigenvalue weighted by atomic mass is 16.7. The number of carbonyl (C=O) groups is 2. The van der Waals surface area contributed by atoms with Gasteiger partial charge in [-0.25, -0.2) is 0 Å². The Morgan fingerprint density at radius 1 is 1.35 bits per heavy atom. The van der Waals surface area contributed by atoms with Crippen molar-refractivity contribution in [3.05, 3.63) is 46.0 Å². The molecule has 1 aromatic rings. The number of nitro groups is 1. The van der Waals surface area contributed by atoms with Crippen LogP contribution in [0.5, 0.6) is 0 Å². The van der Waals surface area contributed by atoms with E-state index in [-0.39, 0.29) is 12.0 Å². The fourth-order valence-corrected chi connectivity index (χ4v) is 1.50. The number of Topliss-reactive ketones (excluding diaryl/α,β-unsaturated/α-hetero) is 1. The summed E-state index contributed by atoms with van der Waals surface area (Å²) in [6, 6.07) is 7.74. The van der Waals surface area contributed by atoms with E-state index in [1.165, 1.54) is 12.1 Å². The summed E-state index contributed by atoms with van der Waals surface area (Å²) in [6.07, 6.45) is -1.77. The van der Waals surface area contributed by atoms with Crippen LogP contribution in [0.1, 0.15) is 31.1 Å². The number of ketones is 1. The van der Waals surface area contributed by atoms with Crippen LogP contribution in [0.25, 0.3) is 0 Å². The van der Waals surface area contributed by atoms with Crippen LogP contribution in [0.3, 0.4) is 0 Å². The lowest BCUT2D eigenvalue weighted by Gasteiger charge is -2.27. The maximum Gasteiger partial charge on any atom is 0.373 e. The van der Waals surface area contributed by atoms with Crippen molar-refractivity contribution < 1.29 is 19.3 Å². The highest BCUT2D eigenvalue weighted by Crippen LogP contribution is 2.15. The molecule has 0 aliphatic rings. The summed E-state index contributed by atoms with van der Waals surface area (Å²) in [5.74, 6) is -0.813. The van der Waals surface area contributed by atoms with Gasteiger partial charge < -0.3 is 0 Å². The van der Waals surface area contributed by atoms with Crippen molar-refractivity contribution in [1.82, 2.24) is 5.06 Å². The first-order valence-corrected chi connectivity index (χ1v) is 5.92. The summed E-state index contributed by atoms with van der Waals surface area (Å²) in [4.78, 5) is 38.6. The van der Waals surface area contributed by atoms with Crippen LogP contribution in [0.4, 0.5) is 0 Å². The molecule has 108 valence electrons. The Morgan fingerprint density at radius 2 is 1.90 bits per heavy atom.